The van der Waals surface area contributed by atoms with Crippen LogP contribution in [-0.2, 0) is 6.18 Å². The van der Waals surface area contributed by atoms with Crippen molar-refractivity contribution in [3.8, 4) is 17.6 Å². The van der Waals surface area contributed by atoms with Crippen LogP contribution >= 0.6 is 0 Å². The lowest BCUT2D eigenvalue weighted by molar-refractivity contribution is -0.140. The Bertz CT molecular complexity index is 718. The minimum atomic E-state index is -4.89. The van der Waals surface area contributed by atoms with Gasteiger partial charge in [0.15, 0.2) is 0 Å². The van der Waals surface area contributed by atoms with Gasteiger partial charge >= 0.3 is 6.18 Å². The summed E-state index contributed by atoms with van der Waals surface area (Å²) < 4.78 is 69.2. The molecule has 0 aliphatic rings. The summed E-state index contributed by atoms with van der Waals surface area (Å²) in [6, 6.07) is 7.00. The molecule has 2 nitrogen and oxygen atoms in total. The minimum absolute atomic E-state index is 0.253. The Morgan fingerprint density at radius 1 is 1.00 bits per heavy atom. The Morgan fingerprint density at radius 3 is 2.33 bits per heavy atom. The summed E-state index contributed by atoms with van der Waals surface area (Å²) in [5, 5.41) is 8.80. The molecular formula is C14H6F5NO. The van der Waals surface area contributed by atoms with E-state index in [-0.39, 0.29) is 11.5 Å². The number of alkyl halides is 3. The molecule has 0 fully saturated rings. The summed E-state index contributed by atoms with van der Waals surface area (Å²) in [5.74, 6) is -2.93. The number of ether oxygens (including phenoxy) is 1. The zero-order chi connectivity index (χ0) is 15.6. The first-order valence-electron chi connectivity index (χ1n) is 5.56. The van der Waals surface area contributed by atoms with Crippen molar-refractivity contribution < 1.29 is 26.7 Å². The van der Waals surface area contributed by atoms with Crippen LogP contribution < -0.4 is 4.74 Å². The predicted molar refractivity (Wildman–Crippen MR) is 62.6 cm³/mol. The zero-order valence-electron chi connectivity index (χ0n) is 10.2. The molecule has 0 N–H and O–H groups in total. The topological polar surface area (TPSA) is 33.0 Å². The van der Waals surface area contributed by atoms with E-state index < -0.39 is 28.9 Å². The first-order valence-corrected chi connectivity index (χ1v) is 5.56. The van der Waals surface area contributed by atoms with E-state index in [0.29, 0.717) is 12.1 Å². The molecule has 7 heteroatoms. The molecule has 0 aromatic heterocycles. The number of hydrogen-bond acceptors (Lipinski definition) is 2. The highest BCUT2D eigenvalue weighted by atomic mass is 19.4. The Balaban J connectivity index is 2.42. The van der Waals surface area contributed by atoms with Crippen molar-refractivity contribution >= 4 is 0 Å². The number of nitriles is 1. The second-order valence-corrected chi connectivity index (χ2v) is 3.97. The lowest BCUT2D eigenvalue weighted by atomic mass is 10.2. The van der Waals surface area contributed by atoms with Crippen molar-refractivity contribution in [2.45, 2.75) is 6.18 Å². The number of hydrogen-bond donors (Lipinski definition) is 0. The van der Waals surface area contributed by atoms with Crippen LogP contribution in [0.4, 0.5) is 22.0 Å². The summed E-state index contributed by atoms with van der Waals surface area (Å²) in [6.07, 6.45) is -4.89. The van der Waals surface area contributed by atoms with Crippen molar-refractivity contribution in [2.24, 2.45) is 0 Å². The van der Waals surface area contributed by atoms with Gasteiger partial charge in [-0.05, 0) is 30.3 Å². The van der Waals surface area contributed by atoms with Gasteiger partial charge in [-0.25, -0.2) is 8.78 Å². The molecule has 2 rings (SSSR count). The smallest absolute Gasteiger partial charge is 0.419 e. The molecule has 0 unspecified atom stereocenters. The van der Waals surface area contributed by atoms with Gasteiger partial charge in [0.1, 0.15) is 34.8 Å². The number of benzene rings is 2. The summed E-state index contributed by atoms with van der Waals surface area (Å²) >= 11 is 0. The third-order valence-electron chi connectivity index (χ3n) is 2.56. The molecule has 0 saturated carbocycles. The lowest BCUT2D eigenvalue weighted by Crippen LogP contribution is -2.08. The van der Waals surface area contributed by atoms with Crippen molar-refractivity contribution in [3.05, 3.63) is 59.2 Å². The number of nitrogens with zero attached hydrogens (tertiary/aromatic N) is 1. The summed E-state index contributed by atoms with van der Waals surface area (Å²) in [6.45, 7) is 0. The molecule has 0 amide bonds. The highest BCUT2D eigenvalue weighted by Gasteiger charge is 2.34. The van der Waals surface area contributed by atoms with Crippen LogP contribution in [0.5, 0.6) is 11.5 Å². The van der Waals surface area contributed by atoms with E-state index in [9.17, 15) is 22.0 Å². The average molecular weight is 299 g/mol. The fourth-order valence-electron chi connectivity index (χ4n) is 1.61. The maximum Gasteiger partial charge on any atom is 0.419 e. The van der Waals surface area contributed by atoms with Crippen LogP contribution in [0.2, 0.25) is 0 Å². The van der Waals surface area contributed by atoms with E-state index in [0.717, 1.165) is 12.1 Å². The molecule has 0 aliphatic heterocycles. The van der Waals surface area contributed by atoms with E-state index in [1.807, 2.05) is 0 Å². The summed E-state index contributed by atoms with van der Waals surface area (Å²) in [4.78, 5) is 0. The first kappa shape index (κ1) is 14.8. The van der Waals surface area contributed by atoms with Gasteiger partial charge in [-0.15, -0.1) is 0 Å². The quantitative estimate of drug-likeness (QED) is 0.756. The van der Waals surface area contributed by atoms with Gasteiger partial charge < -0.3 is 4.74 Å². The molecule has 0 spiro atoms. The van der Waals surface area contributed by atoms with E-state index in [4.69, 9.17) is 10.00 Å². The van der Waals surface area contributed by atoms with Gasteiger partial charge in [0, 0.05) is 0 Å². The highest BCUT2D eigenvalue weighted by Crippen LogP contribution is 2.35. The van der Waals surface area contributed by atoms with Crippen LogP contribution in [0.15, 0.2) is 36.4 Å². The fraction of sp³-hybridized carbons (Fsp3) is 0.0714. The van der Waals surface area contributed by atoms with Crippen molar-refractivity contribution in [3.63, 3.8) is 0 Å². The van der Waals surface area contributed by atoms with Crippen LogP contribution in [-0.4, -0.2) is 0 Å². The maximum atomic E-state index is 13.3. The van der Waals surface area contributed by atoms with Crippen molar-refractivity contribution in [1.82, 2.24) is 0 Å². The SMILES string of the molecule is N#Cc1c(F)cccc1Oc1ccc(F)c(C(F)(F)F)c1. The molecule has 0 atom stereocenters. The van der Waals surface area contributed by atoms with Gasteiger partial charge in [-0.1, -0.05) is 6.07 Å². The molecule has 0 heterocycles. The highest BCUT2D eigenvalue weighted by molar-refractivity contribution is 5.46. The fourth-order valence-corrected chi connectivity index (χ4v) is 1.61. The average Bonchev–Trinajstić information content (AvgIpc) is 2.40. The third kappa shape index (κ3) is 3.11. The van der Waals surface area contributed by atoms with Crippen LogP contribution in [0.1, 0.15) is 11.1 Å². The third-order valence-corrected chi connectivity index (χ3v) is 2.56. The van der Waals surface area contributed by atoms with Gasteiger partial charge in [-0.3, -0.25) is 0 Å². The largest absolute Gasteiger partial charge is 0.456 e. The Hall–Kier alpha value is -2.62. The van der Waals surface area contributed by atoms with E-state index in [1.54, 1.807) is 6.07 Å². The Morgan fingerprint density at radius 2 is 1.71 bits per heavy atom. The van der Waals surface area contributed by atoms with E-state index in [2.05, 4.69) is 0 Å². The second kappa shape index (κ2) is 5.40. The molecular weight excluding hydrogens is 293 g/mol. The molecule has 0 bridgehead atoms. The summed E-state index contributed by atoms with van der Waals surface area (Å²) in [7, 11) is 0. The van der Waals surface area contributed by atoms with Crippen molar-refractivity contribution in [2.75, 3.05) is 0 Å². The molecule has 2 aromatic rings. The zero-order valence-corrected chi connectivity index (χ0v) is 10.2. The Kier molecular flexibility index (Phi) is 3.80. The van der Waals surface area contributed by atoms with Crippen LogP contribution in [0, 0.1) is 23.0 Å². The molecule has 21 heavy (non-hydrogen) atoms. The van der Waals surface area contributed by atoms with Crippen molar-refractivity contribution in [1.29, 1.82) is 5.26 Å². The molecule has 108 valence electrons. The van der Waals surface area contributed by atoms with Gasteiger partial charge in [-0.2, -0.15) is 18.4 Å². The molecule has 0 saturated heterocycles. The van der Waals surface area contributed by atoms with Gasteiger partial charge in [0.25, 0.3) is 0 Å². The lowest BCUT2D eigenvalue weighted by Gasteiger charge is -2.12. The van der Waals surface area contributed by atoms with Gasteiger partial charge in [0.2, 0.25) is 0 Å². The van der Waals surface area contributed by atoms with Crippen LogP contribution in [0.25, 0.3) is 0 Å². The Labute approximate surface area is 116 Å². The molecule has 0 radical (unpaired) electrons. The normalized spacial score (nSPS) is 11.0. The number of halogens is 5. The summed E-state index contributed by atoms with van der Waals surface area (Å²) in [5.41, 5.74) is -1.95. The second-order valence-electron chi connectivity index (χ2n) is 3.97. The maximum absolute atomic E-state index is 13.3. The number of rotatable bonds is 2. The van der Waals surface area contributed by atoms with Crippen LogP contribution in [0.3, 0.4) is 0 Å². The minimum Gasteiger partial charge on any atom is -0.456 e. The van der Waals surface area contributed by atoms with E-state index >= 15 is 0 Å². The molecule has 0 aliphatic carbocycles. The molecule has 2 aromatic carbocycles. The first-order chi connectivity index (χ1) is 9.82. The monoisotopic (exact) mass is 299 g/mol. The van der Waals surface area contributed by atoms with E-state index in [1.165, 1.54) is 12.1 Å². The predicted octanol–water partition coefficient (Wildman–Crippen LogP) is 4.65. The standard InChI is InChI=1S/C14H6F5NO/c15-11-2-1-3-13(9(11)7-20)21-8-4-5-12(16)10(6-8)14(17,18)19/h1-6H. The van der Waals surface area contributed by atoms with Gasteiger partial charge in [0.05, 0.1) is 5.56 Å².